The predicted octanol–water partition coefficient (Wildman–Crippen LogP) is 4.54. The van der Waals surface area contributed by atoms with Gasteiger partial charge in [-0.2, -0.15) is 0 Å². The van der Waals surface area contributed by atoms with Crippen LogP contribution in [-0.2, 0) is 23.9 Å². The monoisotopic (exact) mass is 654 g/mol. The molecule has 3 aliphatic heterocycles. The van der Waals surface area contributed by atoms with Crippen LogP contribution in [0.1, 0.15) is 98.3 Å². The van der Waals surface area contributed by atoms with E-state index in [1.54, 1.807) is 4.90 Å². The molecule has 4 saturated carbocycles. The maximum Gasteiger partial charge on any atom is 0.236 e. The quantitative estimate of drug-likeness (QED) is 0.438. The normalized spacial score (nSPS) is 46.1. The molecule has 12 atom stereocenters. The van der Waals surface area contributed by atoms with Gasteiger partial charge in [0.15, 0.2) is 5.79 Å². The Morgan fingerprint density at radius 1 is 0.830 bits per heavy atom. The van der Waals surface area contributed by atoms with E-state index in [1.807, 2.05) is 23.9 Å². The van der Waals surface area contributed by atoms with Crippen LogP contribution >= 0.6 is 0 Å². The molecule has 9 heteroatoms. The largest absolute Gasteiger partial charge is 0.353 e. The second-order valence-electron chi connectivity index (χ2n) is 17.9. The first-order valence-electron chi connectivity index (χ1n) is 19.1. The number of nitrogens with zero attached hydrogens (tertiary/aromatic N) is 3. The lowest BCUT2D eigenvalue weighted by atomic mass is 9.44. The van der Waals surface area contributed by atoms with Crippen LogP contribution < -0.4 is 5.32 Å². The number of nitrogens with one attached hydrogen (secondary N) is 1. The Kier molecular flexibility index (Phi) is 9.03. The zero-order valence-electron chi connectivity index (χ0n) is 30.1. The molecule has 3 heterocycles. The van der Waals surface area contributed by atoms with Crippen LogP contribution in [0, 0.1) is 52.3 Å². The molecule has 0 aromatic rings. The Morgan fingerprint density at radius 3 is 2.21 bits per heavy atom. The van der Waals surface area contributed by atoms with E-state index in [0.29, 0.717) is 73.3 Å². The van der Waals surface area contributed by atoms with E-state index >= 15 is 0 Å². The molecule has 3 amide bonds. The number of piperazine rings is 1. The Hall–Kier alpha value is -1.71. The second kappa shape index (κ2) is 12.6. The van der Waals surface area contributed by atoms with Crippen LogP contribution in [0.3, 0.4) is 0 Å². The van der Waals surface area contributed by atoms with Crippen LogP contribution in [0.25, 0.3) is 0 Å². The van der Waals surface area contributed by atoms with Crippen LogP contribution in [0.4, 0.5) is 0 Å². The van der Waals surface area contributed by atoms with Gasteiger partial charge in [-0.25, -0.2) is 0 Å². The number of hydrogen-bond acceptors (Lipinski definition) is 6. The van der Waals surface area contributed by atoms with Gasteiger partial charge < -0.3 is 29.5 Å². The summed E-state index contributed by atoms with van der Waals surface area (Å²) in [6.07, 6.45) is 12.1. The van der Waals surface area contributed by atoms with Gasteiger partial charge in [0.05, 0.1) is 19.3 Å². The van der Waals surface area contributed by atoms with E-state index in [9.17, 15) is 14.4 Å². The smallest absolute Gasteiger partial charge is 0.236 e. The molecule has 1 N–H and O–H groups in total. The molecule has 4 aliphatic carbocycles. The molecule has 9 nitrogen and oxygen atoms in total. The molecule has 264 valence electrons. The minimum Gasteiger partial charge on any atom is -0.353 e. The molecular weight excluding hydrogens is 592 g/mol. The van der Waals surface area contributed by atoms with E-state index in [2.05, 4.69) is 33.0 Å². The number of carbonyl (C=O) groups excluding carboxylic acids is 3. The van der Waals surface area contributed by atoms with E-state index < -0.39 is 0 Å². The Morgan fingerprint density at radius 2 is 1.53 bits per heavy atom. The molecule has 0 radical (unpaired) electrons. The summed E-state index contributed by atoms with van der Waals surface area (Å²) < 4.78 is 13.5. The maximum absolute atomic E-state index is 13.1. The fourth-order valence-electron chi connectivity index (χ4n) is 12.5. The van der Waals surface area contributed by atoms with Crippen molar-refractivity contribution >= 4 is 17.7 Å². The van der Waals surface area contributed by atoms with E-state index in [4.69, 9.17) is 9.47 Å². The number of amides is 3. The summed E-state index contributed by atoms with van der Waals surface area (Å²) in [5.74, 6) is 4.11. The lowest BCUT2D eigenvalue weighted by Crippen LogP contribution is -2.56. The van der Waals surface area contributed by atoms with Gasteiger partial charge in [-0.15, -0.1) is 0 Å². The van der Waals surface area contributed by atoms with Crippen LogP contribution in [0.5, 0.6) is 0 Å². The molecule has 3 saturated heterocycles. The van der Waals surface area contributed by atoms with Gasteiger partial charge in [0.25, 0.3) is 0 Å². The van der Waals surface area contributed by atoms with Crippen molar-refractivity contribution in [2.75, 3.05) is 53.4 Å². The fourth-order valence-corrected chi connectivity index (χ4v) is 12.5. The first-order chi connectivity index (χ1) is 22.3. The topological polar surface area (TPSA) is 91.4 Å². The number of ether oxygens (including phenoxy) is 2. The summed E-state index contributed by atoms with van der Waals surface area (Å²) >= 11 is 0. The first-order valence-corrected chi connectivity index (χ1v) is 19.1. The molecule has 1 spiro atoms. The molecule has 1 unspecified atom stereocenters. The maximum atomic E-state index is 13.1. The first kappa shape index (κ1) is 33.8. The van der Waals surface area contributed by atoms with Crippen molar-refractivity contribution < 1.29 is 23.9 Å². The highest BCUT2D eigenvalue weighted by Gasteiger charge is 2.69. The third kappa shape index (κ3) is 5.86. The predicted molar refractivity (Wildman–Crippen MR) is 180 cm³/mol. The minimum atomic E-state index is -0.342. The van der Waals surface area contributed by atoms with Crippen molar-refractivity contribution in [3.05, 3.63) is 0 Å². The highest BCUT2D eigenvalue weighted by Crippen LogP contribution is 2.71. The number of likely N-dealkylation sites (N-methyl/N-ethyl adjacent to an activating group) is 1. The summed E-state index contributed by atoms with van der Waals surface area (Å²) in [6.45, 7) is 13.2. The van der Waals surface area contributed by atoms with E-state index in [-0.39, 0.29) is 36.0 Å². The average Bonchev–Trinajstić information content (AvgIpc) is 3.48. The van der Waals surface area contributed by atoms with Crippen molar-refractivity contribution in [3.8, 4) is 0 Å². The zero-order chi connectivity index (χ0) is 33.3. The highest BCUT2D eigenvalue weighted by atomic mass is 16.7. The SMILES string of the molecule is C[C@@H]1CC[C@@]2(OC1)O[C@H]1C[C@H]3[C@@H]4CC[C@@H]5C[C@H](NC(=O)CC(=O)N6CCN(C(=O)CN(C)C)CC6)CC[C@]5(C)C4CC[C@]3(C)[C@H]1[C@@H]2C. The average molecular weight is 655 g/mol. The summed E-state index contributed by atoms with van der Waals surface area (Å²) in [6, 6.07) is 0.161. The summed E-state index contributed by atoms with van der Waals surface area (Å²) in [5.41, 5.74) is 0.676. The van der Waals surface area contributed by atoms with Crippen molar-refractivity contribution in [3.63, 3.8) is 0 Å². The lowest BCUT2D eigenvalue weighted by Gasteiger charge is -2.61. The van der Waals surface area contributed by atoms with Gasteiger partial charge in [-0.3, -0.25) is 14.4 Å². The van der Waals surface area contributed by atoms with E-state index in [1.165, 1.54) is 44.9 Å². The molecule has 47 heavy (non-hydrogen) atoms. The fraction of sp³-hybridized carbons (Fsp3) is 0.921. The van der Waals surface area contributed by atoms with Gasteiger partial charge in [-0.1, -0.05) is 27.7 Å². The molecular formula is C38H62N4O5. The molecule has 7 fully saturated rings. The molecule has 7 aliphatic rings. The van der Waals surface area contributed by atoms with Gasteiger partial charge in [0.1, 0.15) is 6.42 Å². The number of hydrogen-bond donors (Lipinski definition) is 1. The highest BCUT2D eigenvalue weighted by molar-refractivity contribution is 5.97. The Bertz CT molecular complexity index is 1210. The number of fused-ring (bicyclic) bond motifs is 7. The van der Waals surface area contributed by atoms with E-state index in [0.717, 1.165) is 43.6 Å². The van der Waals surface area contributed by atoms with Crippen molar-refractivity contribution in [1.29, 1.82) is 0 Å². The van der Waals surface area contributed by atoms with Crippen LogP contribution in [-0.4, -0.2) is 104 Å². The number of carbonyl (C=O) groups is 3. The summed E-state index contributed by atoms with van der Waals surface area (Å²) in [7, 11) is 3.77. The Balaban J connectivity index is 0.916. The molecule has 0 aromatic carbocycles. The number of rotatable bonds is 5. The van der Waals surface area contributed by atoms with Gasteiger partial charge >= 0.3 is 0 Å². The van der Waals surface area contributed by atoms with Crippen molar-refractivity contribution in [1.82, 2.24) is 20.0 Å². The van der Waals surface area contributed by atoms with Crippen molar-refractivity contribution in [2.24, 2.45) is 52.3 Å². The Labute approximate surface area is 283 Å². The zero-order valence-corrected chi connectivity index (χ0v) is 30.1. The van der Waals surface area contributed by atoms with Crippen LogP contribution in [0.15, 0.2) is 0 Å². The van der Waals surface area contributed by atoms with Crippen molar-refractivity contribution in [2.45, 2.75) is 116 Å². The minimum absolute atomic E-state index is 0.0900. The third-order valence-corrected chi connectivity index (χ3v) is 15.0. The molecule has 0 bridgehead atoms. The third-order valence-electron chi connectivity index (χ3n) is 15.0. The van der Waals surface area contributed by atoms with Gasteiger partial charge in [0.2, 0.25) is 17.7 Å². The standard InChI is InChI=1S/C38H62N4O5/c1-24-9-14-38(46-23-24)25(2)35-31(47-38)20-30-28-8-7-26-19-27(10-12-36(26,3)29(28)11-13-37(30,35)4)39-32(43)21-33(44)41-15-17-42(18-16-41)34(45)22-40(5)6/h24-31,35H,7-23H2,1-6H3,(H,39,43)/t24-,25+,26-,27-,28-,29?,30+,31+,35+,36+,37+,38-/m1/s1. The van der Waals surface area contributed by atoms with Gasteiger partial charge in [0, 0.05) is 44.6 Å². The summed E-state index contributed by atoms with van der Waals surface area (Å²) in [4.78, 5) is 43.9. The molecule has 0 aromatic heterocycles. The molecule has 7 rings (SSSR count). The van der Waals surface area contributed by atoms with Crippen LogP contribution in [0.2, 0.25) is 0 Å². The lowest BCUT2D eigenvalue weighted by molar-refractivity contribution is -0.273. The second-order valence-corrected chi connectivity index (χ2v) is 17.9. The van der Waals surface area contributed by atoms with Gasteiger partial charge in [-0.05, 0) is 118 Å². The summed E-state index contributed by atoms with van der Waals surface area (Å²) in [5, 5.41) is 3.28.